The molecule has 66 heavy (non-hydrogen) atoms. The average Bonchev–Trinajstić information content (AvgIpc) is 3.27. The number of carbonyl (C=O) groups is 4. The Morgan fingerprint density at radius 3 is 1.77 bits per heavy atom. The minimum atomic E-state index is -3.96. The van der Waals surface area contributed by atoms with E-state index >= 15 is 0 Å². The van der Waals surface area contributed by atoms with E-state index in [9.17, 15) is 27.6 Å². The Bertz CT molecular complexity index is 1950. The molecular formula is C49H71N3O13S. The van der Waals surface area contributed by atoms with Gasteiger partial charge in [0.25, 0.3) is 15.9 Å². The molecule has 0 fully saturated rings. The number of unbranched alkanes of at least 4 members (excludes halogenated alkanes) is 10. The second-order valence-corrected chi connectivity index (χ2v) is 18.5. The van der Waals surface area contributed by atoms with E-state index in [1.54, 1.807) is 12.1 Å². The lowest BCUT2D eigenvalue weighted by molar-refractivity contribution is -0.155. The molecule has 0 aliphatic heterocycles. The zero-order valence-electron chi connectivity index (χ0n) is 39.0. The topological polar surface area (TPSA) is 215 Å². The number of hydrogen-bond donors (Lipinski definition) is 3. The number of ketones is 1. The van der Waals surface area contributed by atoms with Crippen molar-refractivity contribution in [3.8, 4) is 11.5 Å². The number of nitrogens with one attached hydrogen (secondary N) is 2. The maximum absolute atomic E-state index is 13.1. The van der Waals surface area contributed by atoms with Crippen molar-refractivity contribution in [1.29, 1.82) is 0 Å². The van der Waals surface area contributed by atoms with E-state index in [-0.39, 0.29) is 80.8 Å². The maximum Gasteiger partial charge on any atom is 0.329 e. The summed E-state index contributed by atoms with van der Waals surface area (Å²) in [6, 6.07) is 16.9. The molecule has 3 N–H and O–H groups in total. The van der Waals surface area contributed by atoms with Crippen molar-refractivity contribution in [2.45, 2.75) is 128 Å². The molecule has 0 bridgehead atoms. The van der Waals surface area contributed by atoms with Gasteiger partial charge in [0.15, 0.2) is 5.78 Å². The average molecular weight is 942 g/mol. The first-order chi connectivity index (χ1) is 31.7. The van der Waals surface area contributed by atoms with Crippen LogP contribution in [0.3, 0.4) is 0 Å². The fourth-order valence-electron chi connectivity index (χ4n) is 6.48. The van der Waals surface area contributed by atoms with Gasteiger partial charge in [0.1, 0.15) is 36.1 Å². The van der Waals surface area contributed by atoms with Crippen LogP contribution >= 0.6 is 0 Å². The van der Waals surface area contributed by atoms with Crippen LogP contribution in [-0.4, -0.2) is 107 Å². The molecule has 2 aromatic carbocycles. The Kier molecular flexibility index (Phi) is 26.8. The normalized spacial score (nSPS) is 11.6. The number of carboxylic acid groups (broad SMARTS) is 1. The van der Waals surface area contributed by atoms with Gasteiger partial charge in [-0.25, -0.2) is 18.2 Å². The summed E-state index contributed by atoms with van der Waals surface area (Å²) in [5.74, 6) is -0.419. The van der Waals surface area contributed by atoms with E-state index in [0.29, 0.717) is 37.4 Å². The van der Waals surface area contributed by atoms with Crippen molar-refractivity contribution in [3.05, 3.63) is 78.0 Å². The molecule has 3 rings (SSSR count). The Labute approximate surface area is 390 Å². The number of carboxylic acids is 1. The van der Waals surface area contributed by atoms with Crippen molar-refractivity contribution >= 4 is 39.5 Å². The number of nitrogens with zero attached hydrogens (tertiary/aromatic N) is 1. The minimum absolute atomic E-state index is 0.0238. The molecule has 0 saturated heterocycles. The minimum Gasteiger partial charge on any atom is -0.480 e. The SMILES string of the molecule is CC(C)(C)OC(=O)CCCCCCCCCCCCCc1ccc(Oc2ccc(S(=O)(=O)Nc3ccc(C(=O)NCCOCCOCC(=O)CCCOCCOCC(=O)O)cn3)cc2)cc1. The fourth-order valence-corrected chi connectivity index (χ4v) is 7.49. The highest BCUT2D eigenvalue weighted by Gasteiger charge is 2.17. The van der Waals surface area contributed by atoms with E-state index in [0.717, 1.165) is 25.7 Å². The number of Topliss-reactive ketones (excluding diaryl/α,β-unsaturated/α-hetero) is 1. The molecule has 0 aliphatic carbocycles. The first kappa shape index (κ1) is 55.4. The smallest absolute Gasteiger partial charge is 0.329 e. The first-order valence-corrected chi connectivity index (χ1v) is 24.6. The maximum atomic E-state index is 13.1. The number of ether oxygens (including phenoxy) is 6. The third kappa shape index (κ3) is 26.3. The number of anilines is 1. The molecule has 0 atom stereocenters. The molecule has 0 unspecified atom stereocenters. The number of sulfonamides is 1. The van der Waals surface area contributed by atoms with Crippen LogP contribution in [0, 0.1) is 0 Å². The van der Waals surface area contributed by atoms with Gasteiger partial charge in [-0.2, -0.15) is 0 Å². The summed E-state index contributed by atoms with van der Waals surface area (Å²) in [7, 11) is -3.96. The molecule has 3 aromatic rings. The summed E-state index contributed by atoms with van der Waals surface area (Å²) in [5, 5.41) is 11.2. The molecule has 17 heteroatoms. The molecular weight excluding hydrogens is 871 g/mol. The predicted octanol–water partition coefficient (Wildman–Crippen LogP) is 8.47. The fraction of sp³-hybridized carbons (Fsp3) is 0.571. The van der Waals surface area contributed by atoms with Gasteiger partial charge in [0, 0.05) is 32.2 Å². The Hall–Kier alpha value is -4.94. The summed E-state index contributed by atoms with van der Waals surface area (Å²) >= 11 is 0. The highest BCUT2D eigenvalue weighted by molar-refractivity contribution is 7.92. The number of carbonyl (C=O) groups excluding carboxylic acids is 3. The molecule has 1 aromatic heterocycles. The number of aliphatic carboxylic acids is 1. The number of aryl methyl sites for hydroxylation is 1. The van der Waals surface area contributed by atoms with Gasteiger partial charge >= 0.3 is 11.9 Å². The van der Waals surface area contributed by atoms with E-state index < -0.39 is 27.5 Å². The molecule has 1 heterocycles. The van der Waals surface area contributed by atoms with Crippen molar-refractivity contribution in [2.24, 2.45) is 0 Å². The lowest BCUT2D eigenvalue weighted by Gasteiger charge is -2.19. The number of pyridine rings is 1. The Morgan fingerprint density at radius 1 is 0.621 bits per heavy atom. The number of amides is 1. The third-order valence-corrected chi connectivity index (χ3v) is 11.2. The van der Waals surface area contributed by atoms with Crippen LogP contribution in [0.25, 0.3) is 0 Å². The molecule has 0 spiro atoms. The molecule has 0 saturated carbocycles. The lowest BCUT2D eigenvalue weighted by atomic mass is 10.0. The van der Waals surface area contributed by atoms with E-state index in [1.165, 1.54) is 87.4 Å². The number of hydrogen-bond acceptors (Lipinski definition) is 13. The van der Waals surface area contributed by atoms with Gasteiger partial charge < -0.3 is 38.8 Å². The highest BCUT2D eigenvalue weighted by atomic mass is 32.2. The lowest BCUT2D eigenvalue weighted by Crippen LogP contribution is -2.28. The Balaban J connectivity index is 1.21. The van der Waals surface area contributed by atoms with Crippen molar-refractivity contribution in [2.75, 3.05) is 64.1 Å². The van der Waals surface area contributed by atoms with E-state index in [2.05, 4.69) is 27.2 Å². The van der Waals surface area contributed by atoms with Crippen LogP contribution in [0.5, 0.6) is 11.5 Å². The number of esters is 1. The van der Waals surface area contributed by atoms with Gasteiger partial charge in [0.2, 0.25) is 0 Å². The van der Waals surface area contributed by atoms with E-state index in [4.69, 9.17) is 33.5 Å². The van der Waals surface area contributed by atoms with Crippen LogP contribution in [0.1, 0.15) is 127 Å². The summed E-state index contributed by atoms with van der Waals surface area (Å²) in [5.41, 5.74) is 1.08. The summed E-state index contributed by atoms with van der Waals surface area (Å²) < 4.78 is 60.8. The van der Waals surface area contributed by atoms with Gasteiger partial charge in [-0.3, -0.25) is 19.1 Å². The number of rotatable bonds is 37. The standard InChI is InChI=1S/C49H71N3O13S/c1-49(2,3)65-47(56)18-14-12-10-8-6-4-5-7-9-11-13-16-39-19-22-42(23-20-39)64-43-24-26-44(27-25-43)66(58,59)52-45-28-21-40(36-51-45)48(57)50-29-31-61-33-34-62-37-41(53)17-15-30-60-32-35-63-38-46(54)55/h19-28,36H,4-18,29-35,37-38H2,1-3H3,(H,50,57)(H,51,52)(H,54,55). The zero-order chi connectivity index (χ0) is 47.9. The van der Waals surface area contributed by atoms with Gasteiger partial charge in [0.05, 0.1) is 43.5 Å². The Morgan fingerprint density at radius 2 is 1.18 bits per heavy atom. The third-order valence-electron chi connectivity index (χ3n) is 9.83. The first-order valence-electron chi connectivity index (χ1n) is 23.1. The van der Waals surface area contributed by atoms with Crippen LogP contribution in [-0.2, 0) is 54.5 Å². The molecule has 366 valence electrons. The van der Waals surface area contributed by atoms with Crippen molar-refractivity contribution < 1.29 is 61.1 Å². The molecule has 0 radical (unpaired) electrons. The molecule has 0 aliphatic rings. The number of aromatic nitrogens is 1. The van der Waals surface area contributed by atoms with Crippen LogP contribution in [0.15, 0.2) is 71.8 Å². The molecule has 16 nitrogen and oxygen atoms in total. The van der Waals surface area contributed by atoms with Crippen LogP contribution in [0.4, 0.5) is 5.82 Å². The van der Waals surface area contributed by atoms with Gasteiger partial charge in [-0.1, -0.05) is 69.9 Å². The largest absolute Gasteiger partial charge is 0.480 e. The van der Waals surface area contributed by atoms with E-state index in [1.807, 2.05) is 32.9 Å². The highest BCUT2D eigenvalue weighted by Crippen LogP contribution is 2.25. The van der Waals surface area contributed by atoms with Crippen molar-refractivity contribution in [1.82, 2.24) is 10.3 Å². The summed E-state index contributed by atoms with van der Waals surface area (Å²) in [4.78, 5) is 50.7. The second-order valence-electron chi connectivity index (χ2n) is 16.9. The van der Waals surface area contributed by atoms with Crippen molar-refractivity contribution in [3.63, 3.8) is 0 Å². The monoisotopic (exact) mass is 941 g/mol. The zero-order valence-corrected chi connectivity index (χ0v) is 39.8. The summed E-state index contributed by atoms with van der Waals surface area (Å²) in [6.07, 6.45) is 16.6. The van der Waals surface area contributed by atoms with Crippen LogP contribution in [0.2, 0.25) is 0 Å². The van der Waals surface area contributed by atoms with Crippen LogP contribution < -0.4 is 14.8 Å². The molecule has 1 amide bonds. The predicted molar refractivity (Wildman–Crippen MR) is 250 cm³/mol. The quantitative estimate of drug-likeness (QED) is 0.0365. The van der Waals surface area contributed by atoms with Gasteiger partial charge in [-0.15, -0.1) is 0 Å². The second kappa shape index (κ2) is 31.9. The van der Waals surface area contributed by atoms with Gasteiger partial charge in [-0.05, 0) is 101 Å². The summed E-state index contributed by atoms with van der Waals surface area (Å²) in [6.45, 7) is 6.92. The number of benzene rings is 2.